The van der Waals surface area contributed by atoms with Gasteiger partial charge in [0.05, 0.1) is 0 Å². The number of guanidine groups is 1. The number of alkyl halides is 2. The Bertz CT molecular complexity index is 692. The molecule has 1 saturated heterocycles. The fourth-order valence-electron chi connectivity index (χ4n) is 3.67. The lowest BCUT2D eigenvalue weighted by molar-refractivity contribution is -0.123. The van der Waals surface area contributed by atoms with Gasteiger partial charge >= 0.3 is 6.61 Å². The topological polar surface area (TPSA) is 83.2 Å². The molecule has 1 fully saturated rings. The third-order valence-electron chi connectivity index (χ3n) is 5.40. The highest BCUT2D eigenvalue weighted by molar-refractivity contribution is 5.79. The van der Waals surface area contributed by atoms with Crippen LogP contribution in [0, 0.1) is 5.92 Å². The Morgan fingerprint density at radius 2 is 1.97 bits per heavy atom. The molecule has 0 atom stereocenters. The summed E-state index contributed by atoms with van der Waals surface area (Å²) in [6.45, 7) is 4.19. The summed E-state index contributed by atoms with van der Waals surface area (Å²) in [7, 11) is 1.95. The number of nitrogens with one attached hydrogen (secondary N) is 1. The van der Waals surface area contributed by atoms with Gasteiger partial charge in [0.15, 0.2) is 5.96 Å². The smallest absolute Gasteiger partial charge is 0.387 e. The first-order valence-corrected chi connectivity index (χ1v) is 10.9. The summed E-state index contributed by atoms with van der Waals surface area (Å²) in [5.41, 5.74) is 6.37. The van der Waals surface area contributed by atoms with Gasteiger partial charge in [-0.15, -0.1) is 0 Å². The molecule has 1 heterocycles. The van der Waals surface area contributed by atoms with Crippen molar-refractivity contribution in [3.05, 3.63) is 29.8 Å². The van der Waals surface area contributed by atoms with Crippen molar-refractivity contribution < 1.29 is 18.3 Å². The van der Waals surface area contributed by atoms with Crippen molar-refractivity contribution in [2.24, 2.45) is 16.6 Å². The zero-order chi connectivity index (χ0) is 22.6. The van der Waals surface area contributed by atoms with Crippen molar-refractivity contribution in [3.8, 4) is 5.75 Å². The molecule has 9 heteroatoms. The van der Waals surface area contributed by atoms with E-state index in [9.17, 15) is 13.6 Å². The average Bonchev–Trinajstić information content (AvgIpc) is 2.74. The Kier molecular flexibility index (Phi) is 10.5. The third-order valence-corrected chi connectivity index (χ3v) is 5.40. The Morgan fingerprint density at radius 1 is 1.29 bits per heavy atom. The Balaban J connectivity index is 1.74. The number of hydrogen-bond donors (Lipinski definition) is 2. The minimum atomic E-state index is -2.82. The predicted molar refractivity (Wildman–Crippen MR) is 118 cm³/mol. The van der Waals surface area contributed by atoms with Crippen LogP contribution >= 0.6 is 0 Å². The second-order valence-corrected chi connectivity index (χ2v) is 7.84. The fourth-order valence-corrected chi connectivity index (χ4v) is 3.67. The molecule has 0 radical (unpaired) electrons. The largest absolute Gasteiger partial charge is 0.435 e. The number of unbranched alkanes of at least 4 members (excludes halogenated alkanes) is 1. The van der Waals surface area contributed by atoms with Gasteiger partial charge in [-0.2, -0.15) is 8.78 Å². The van der Waals surface area contributed by atoms with Gasteiger partial charge in [0.2, 0.25) is 5.91 Å². The van der Waals surface area contributed by atoms with E-state index >= 15 is 0 Å². The van der Waals surface area contributed by atoms with Crippen LogP contribution in [0.5, 0.6) is 5.75 Å². The van der Waals surface area contributed by atoms with Crippen LogP contribution in [0.15, 0.2) is 29.3 Å². The first-order valence-electron chi connectivity index (χ1n) is 10.9. The van der Waals surface area contributed by atoms with Gasteiger partial charge in [-0.25, -0.2) is 0 Å². The number of amides is 1. The van der Waals surface area contributed by atoms with E-state index in [0.29, 0.717) is 6.54 Å². The fraction of sp³-hybridized carbons (Fsp3) is 0.636. The lowest BCUT2D eigenvalue weighted by atomic mass is 9.96. The summed E-state index contributed by atoms with van der Waals surface area (Å²) in [5.74, 6) is 0.831. The van der Waals surface area contributed by atoms with Crippen LogP contribution in [0.1, 0.15) is 38.2 Å². The standard InChI is InChI=1S/C22H35F2N5O2/c1-3-26-22(28(2)16-17-6-8-19(9-7-17)31-21(23)24)27-12-4-5-13-29-14-10-18(11-15-29)20(25)30/h6-9,18,21H,3-5,10-16H2,1-2H3,(H2,25,30)(H,26,27). The maximum Gasteiger partial charge on any atom is 0.387 e. The summed E-state index contributed by atoms with van der Waals surface area (Å²) < 4.78 is 28.9. The van der Waals surface area contributed by atoms with E-state index < -0.39 is 6.61 Å². The van der Waals surface area contributed by atoms with E-state index in [1.165, 1.54) is 0 Å². The number of carbonyl (C=O) groups is 1. The van der Waals surface area contributed by atoms with Crippen LogP contribution in [0.4, 0.5) is 8.78 Å². The molecule has 1 aromatic carbocycles. The van der Waals surface area contributed by atoms with Crippen molar-refractivity contribution in [2.45, 2.75) is 45.8 Å². The van der Waals surface area contributed by atoms with E-state index in [0.717, 1.165) is 69.9 Å². The Morgan fingerprint density at radius 3 is 2.55 bits per heavy atom. The third kappa shape index (κ3) is 9.08. The molecule has 7 nitrogen and oxygen atoms in total. The molecular weight excluding hydrogens is 404 g/mol. The molecule has 1 aromatic rings. The molecular formula is C22H35F2N5O2. The van der Waals surface area contributed by atoms with Gasteiger partial charge in [-0.1, -0.05) is 12.1 Å². The maximum absolute atomic E-state index is 12.3. The number of aliphatic imine (C=N–C) groups is 1. The van der Waals surface area contributed by atoms with Crippen LogP contribution in [-0.2, 0) is 11.3 Å². The van der Waals surface area contributed by atoms with E-state index in [-0.39, 0.29) is 17.6 Å². The van der Waals surface area contributed by atoms with Gasteiger partial charge in [-0.3, -0.25) is 9.79 Å². The number of likely N-dealkylation sites (tertiary alicyclic amines) is 1. The minimum absolute atomic E-state index is 0.0344. The number of primary amides is 1. The molecule has 0 unspecified atom stereocenters. The summed E-state index contributed by atoms with van der Waals surface area (Å²) >= 11 is 0. The average molecular weight is 440 g/mol. The van der Waals surface area contributed by atoms with Gasteiger partial charge in [0, 0.05) is 32.6 Å². The van der Waals surface area contributed by atoms with E-state index in [2.05, 4.69) is 15.0 Å². The van der Waals surface area contributed by atoms with Crippen LogP contribution in [0.2, 0.25) is 0 Å². The van der Waals surface area contributed by atoms with Crippen molar-refractivity contribution in [1.82, 2.24) is 15.1 Å². The number of halogens is 2. The number of piperidine rings is 1. The van der Waals surface area contributed by atoms with Gasteiger partial charge in [-0.05, 0) is 69.9 Å². The normalized spacial score (nSPS) is 15.8. The van der Waals surface area contributed by atoms with Gasteiger partial charge < -0.3 is 25.6 Å². The first-order chi connectivity index (χ1) is 14.9. The number of rotatable bonds is 11. The molecule has 31 heavy (non-hydrogen) atoms. The SMILES string of the molecule is CCNC(=NCCCCN1CCC(C(N)=O)CC1)N(C)Cc1ccc(OC(F)F)cc1. The first kappa shape index (κ1) is 24.8. The second kappa shape index (κ2) is 13.1. The lowest BCUT2D eigenvalue weighted by Crippen LogP contribution is -2.39. The molecule has 1 amide bonds. The van der Waals surface area contributed by atoms with Crippen LogP contribution in [-0.4, -0.2) is 68.0 Å². The lowest BCUT2D eigenvalue weighted by Gasteiger charge is -2.30. The van der Waals surface area contributed by atoms with Crippen molar-refractivity contribution >= 4 is 11.9 Å². The summed E-state index contributed by atoms with van der Waals surface area (Å²) in [6.07, 6.45) is 3.76. The molecule has 174 valence electrons. The zero-order valence-corrected chi connectivity index (χ0v) is 18.5. The molecule has 1 aliphatic rings. The highest BCUT2D eigenvalue weighted by Crippen LogP contribution is 2.17. The van der Waals surface area contributed by atoms with E-state index in [1.54, 1.807) is 24.3 Å². The van der Waals surface area contributed by atoms with Crippen LogP contribution in [0.25, 0.3) is 0 Å². The van der Waals surface area contributed by atoms with Gasteiger partial charge in [0.25, 0.3) is 0 Å². The van der Waals surface area contributed by atoms with E-state index in [4.69, 9.17) is 10.7 Å². The molecule has 0 saturated carbocycles. The minimum Gasteiger partial charge on any atom is -0.435 e. The molecule has 1 aliphatic heterocycles. The summed E-state index contributed by atoms with van der Waals surface area (Å²) in [5, 5.41) is 3.29. The number of hydrogen-bond acceptors (Lipinski definition) is 4. The Labute approximate surface area is 183 Å². The molecule has 0 bridgehead atoms. The molecule has 0 spiro atoms. The van der Waals surface area contributed by atoms with Crippen molar-refractivity contribution in [2.75, 3.05) is 39.8 Å². The number of benzene rings is 1. The number of carbonyl (C=O) groups excluding carboxylic acids is 1. The quantitative estimate of drug-likeness (QED) is 0.315. The Hall–Kier alpha value is -2.42. The molecule has 2 rings (SSSR count). The predicted octanol–water partition coefficient (Wildman–Crippen LogP) is 2.66. The van der Waals surface area contributed by atoms with Gasteiger partial charge in [0.1, 0.15) is 5.75 Å². The van der Waals surface area contributed by atoms with Crippen molar-refractivity contribution in [1.29, 1.82) is 0 Å². The number of nitrogens with zero attached hydrogens (tertiary/aromatic N) is 3. The van der Waals surface area contributed by atoms with E-state index in [1.807, 2.05) is 18.9 Å². The molecule has 0 aromatic heterocycles. The maximum atomic E-state index is 12.3. The summed E-state index contributed by atoms with van der Waals surface area (Å²) in [4.78, 5) is 20.4. The summed E-state index contributed by atoms with van der Waals surface area (Å²) in [6, 6.07) is 6.65. The number of ether oxygens (including phenoxy) is 1. The molecule has 0 aliphatic carbocycles. The monoisotopic (exact) mass is 439 g/mol. The molecule has 3 N–H and O–H groups in total. The van der Waals surface area contributed by atoms with Crippen molar-refractivity contribution in [3.63, 3.8) is 0 Å². The highest BCUT2D eigenvalue weighted by Gasteiger charge is 2.22. The second-order valence-electron chi connectivity index (χ2n) is 7.84. The number of nitrogens with two attached hydrogens (primary N) is 1. The highest BCUT2D eigenvalue weighted by atomic mass is 19.3. The van der Waals surface area contributed by atoms with Crippen LogP contribution < -0.4 is 15.8 Å². The zero-order valence-electron chi connectivity index (χ0n) is 18.5. The van der Waals surface area contributed by atoms with Crippen LogP contribution in [0.3, 0.4) is 0 Å².